The van der Waals surface area contributed by atoms with E-state index in [-0.39, 0.29) is 0 Å². The van der Waals surface area contributed by atoms with Gasteiger partial charge in [-0.05, 0) is 31.9 Å². The average molecular weight is 292 g/mol. The minimum absolute atomic E-state index is 0.408. The molecule has 0 aliphatic heterocycles. The van der Waals surface area contributed by atoms with Crippen molar-refractivity contribution >= 4 is 6.09 Å². The van der Waals surface area contributed by atoms with Crippen LogP contribution < -0.4 is 22.1 Å². The van der Waals surface area contributed by atoms with E-state index in [2.05, 4.69) is 10.6 Å². The molecule has 0 unspecified atom stereocenters. The number of amides is 1. The highest BCUT2D eigenvalue weighted by Crippen LogP contribution is 2.08. The van der Waals surface area contributed by atoms with Crippen LogP contribution in [0.1, 0.15) is 31.9 Å². The molecule has 116 valence electrons. The number of nitrogens with one attached hydrogen (secondary N) is 2. The standard InChI is InChI=1S/C15H24N4O2/c1-15(2,3)21-14(20)19-10-12-6-4-5-11(7-12)9-18-13(17)8-16/h4-8,18H,9-10,16-17H2,1-3H3,(H,19,20)/b13-8+. The molecule has 0 saturated carbocycles. The van der Waals surface area contributed by atoms with Crippen molar-refractivity contribution in [2.75, 3.05) is 0 Å². The summed E-state index contributed by atoms with van der Waals surface area (Å²) in [6.07, 6.45) is 0.884. The van der Waals surface area contributed by atoms with Crippen LogP contribution in [0.3, 0.4) is 0 Å². The molecule has 0 aromatic heterocycles. The minimum atomic E-state index is -0.498. The Kier molecular flexibility index (Phi) is 5.90. The lowest BCUT2D eigenvalue weighted by Crippen LogP contribution is -2.32. The Labute approximate surface area is 125 Å². The van der Waals surface area contributed by atoms with Crippen molar-refractivity contribution in [2.45, 2.75) is 39.5 Å². The van der Waals surface area contributed by atoms with Crippen LogP contribution in [0.5, 0.6) is 0 Å². The third-order valence-corrected chi connectivity index (χ3v) is 2.50. The molecule has 0 saturated heterocycles. The predicted molar refractivity (Wildman–Crippen MR) is 82.8 cm³/mol. The van der Waals surface area contributed by atoms with Gasteiger partial charge in [0.1, 0.15) is 11.4 Å². The summed E-state index contributed by atoms with van der Waals surface area (Å²) < 4.78 is 5.18. The fourth-order valence-electron chi connectivity index (χ4n) is 1.60. The maximum absolute atomic E-state index is 11.6. The molecule has 0 atom stereocenters. The SMILES string of the molecule is CC(C)(C)OC(=O)NCc1cccc(CN/C(N)=C/N)c1. The van der Waals surface area contributed by atoms with Crippen molar-refractivity contribution in [1.82, 2.24) is 10.6 Å². The maximum atomic E-state index is 11.6. The Morgan fingerprint density at radius 3 is 2.33 bits per heavy atom. The Morgan fingerprint density at radius 2 is 1.81 bits per heavy atom. The first-order valence-electron chi connectivity index (χ1n) is 6.76. The van der Waals surface area contributed by atoms with E-state index in [1.54, 1.807) is 0 Å². The Morgan fingerprint density at radius 1 is 1.24 bits per heavy atom. The molecular formula is C15H24N4O2. The van der Waals surface area contributed by atoms with Gasteiger partial charge in [0.25, 0.3) is 0 Å². The van der Waals surface area contributed by atoms with E-state index in [0.717, 1.165) is 11.1 Å². The Bertz CT molecular complexity index is 507. The van der Waals surface area contributed by atoms with E-state index in [1.165, 1.54) is 6.20 Å². The van der Waals surface area contributed by atoms with Gasteiger partial charge in [-0.15, -0.1) is 0 Å². The van der Waals surface area contributed by atoms with E-state index in [1.807, 2.05) is 45.0 Å². The van der Waals surface area contributed by atoms with Gasteiger partial charge in [-0.25, -0.2) is 4.79 Å². The molecule has 0 fully saturated rings. The van der Waals surface area contributed by atoms with E-state index in [9.17, 15) is 4.79 Å². The van der Waals surface area contributed by atoms with Gasteiger partial charge >= 0.3 is 6.09 Å². The average Bonchev–Trinajstić information content (AvgIpc) is 2.41. The van der Waals surface area contributed by atoms with Gasteiger partial charge in [0.05, 0.1) is 0 Å². The van der Waals surface area contributed by atoms with E-state index in [4.69, 9.17) is 16.2 Å². The van der Waals surface area contributed by atoms with Crippen LogP contribution in [-0.4, -0.2) is 11.7 Å². The first-order valence-corrected chi connectivity index (χ1v) is 6.76. The van der Waals surface area contributed by atoms with Crippen LogP contribution in [0, 0.1) is 0 Å². The highest BCUT2D eigenvalue weighted by atomic mass is 16.6. The zero-order valence-electron chi connectivity index (χ0n) is 12.8. The molecule has 1 aromatic rings. The molecule has 0 radical (unpaired) electrons. The van der Waals surface area contributed by atoms with Crippen LogP contribution in [0.4, 0.5) is 4.79 Å². The molecule has 0 aliphatic carbocycles. The second kappa shape index (κ2) is 7.42. The number of rotatable bonds is 5. The lowest BCUT2D eigenvalue weighted by Gasteiger charge is -2.19. The highest BCUT2D eigenvalue weighted by molar-refractivity contribution is 5.67. The minimum Gasteiger partial charge on any atom is -0.444 e. The first-order chi connectivity index (χ1) is 9.80. The molecule has 0 bridgehead atoms. The predicted octanol–water partition coefficient (Wildman–Crippen LogP) is 1.52. The van der Waals surface area contributed by atoms with E-state index in [0.29, 0.717) is 18.9 Å². The third-order valence-electron chi connectivity index (χ3n) is 2.50. The number of carbonyl (C=O) groups is 1. The van der Waals surface area contributed by atoms with Crippen molar-refractivity contribution in [2.24, 2.45) is 11.5 Å². The molecule has 1 rings (SSSR count). The van der Waals surface area contributed by atoms with Crippen molar-refractivity contribution < 1.29 is 9.53 Å². The summed E-state index contributed by atoms with van der Waals surface area (Å²) in [6.45, 7) is 6.46. The fraction of sp³-hybridized carbons (Fsp3) is 0.400. The Hall–Kier alpha value is -2.37. The van der Waals surface area contributed by atoms with Gasteiger partial charge < -0.3 is 26.8 Å². The largest absolute Gasteiger partial charge is 0.444 e. The number of ether oxygens (including phenoxy) is 1. The lowest BCUT2D eigenvalue weighted by atomic mass is 10.1. The maximum Gasteiger partial charge on any atom is 0.407 e. The zero-order valence-corrected chi connectivity index (χ0v) is 12.8. The second-order valence-electron chi connectivity index (χ2n) is 5.65. The molecule has 0 heterocycles. The molecule has 21 heavy (non-hydrogen) atoms. The molecule has 0 aliphatic rings. The van der Waals surface area contributed by atoms with Crippen molar-refractivity contribution in [3.8, 4) is 0 Å². The van der Waals surface area contributed by atoms with Crippen LogP contribution in [-0.2, 0) is 17.8 Å². The van der Waals surface area contributed by atoms with Crippen LogP contribution >= 0.6 is 0 Å². The molecule has 1 amide bonds. The molecule has 6 N–H and O–H groups in total. The van der Waals surface area contributed by atoms with Gasteiger partial charge in [0.15, 0.2) is 0 Å². The highest BCUT2D eigenvalue weighted by Gasteiger charge is 2.15. The van der Waals surface area contributed by atoms with Gasteiger partial charge in [-0.3, -0.25) is 0 Å². The zero-order chi connectivity index (χ0) is 15.9. The van der Waals surface area contributed by atoms with Gasteiger partial charge in [0, 0.05) is 19.3 Å². The summed E-state index contributed by atoms with van der Waals surface area (Å²) in [6, 6.07) is 7.80. The number of alkyl carbamates (subject to hydrolysis) is 1. The van der Waals surface area contributed by atoms with Crippen molar-refractivity contribution in [1.29, 1.82) is 0 Å². The van der Waals surface area contributed by atoms with E-state index >= 15 is 0 Å². The van der Waals surface area contributed by atoms with Gasteiger partial charge in [0.2, 0.25) is 0 Å². The molecule has 1 aromatic carbocycles. The summed E-state index contributed by atoms with van der Waals surface area (Å²) in [4.78, 5) is 11.6. The molecule has 6 heteroatoms. The summed E-state index contributed by atoms with van der Waals surface area (Å²) in [5.41, 5.74) is 12.4. The lowest BCUT2D eigenvalue weighted by molar-refractivity contribution is 0.0523. The fourth-order valence-corrected chi connectivity index (χ4v) is 1.60. The number of nitrogens with two attached hydrogens (primary N) is 2. The quantitative estimate of drug-likeness (QED) is 0.659. The third kappa shape index (κ3) is 7.10. The number of hydrogen-bond donors (Lipinski definition) is 4. The second-order valence-corrected chi connectivity index (χ2v) is 5.65. The monoisotopic (exact) mass is 292 g/mol. The van der Waals surface area contributed by atoms with Gasteiger partial charge in [-0.1, -0.05) is 24.3 Å². The smallest absolute Gasteiger partial charge is 0.407 e. The number of carbonyl (C=O) groups excluding carboxylic acids is 1. The number of benzene rings is 1. The van der Waals surface area contributed by atoms with Crippen molar-refractivity contribution in [3.63, 3.8) is 0 Å². The summed E-state index contributed by atoms with van der Waals surface area (Å²) in [5.74, 6) is 0.423. The summed E-state index contributed by atoms with van der Waals surface area (Å²) in [5, 5.41) is 5.69. The first kappa shape index (κ1) is 16.7. The van der Waals surface area contributed by atoms with Crippen LogP contribution in [0.2, 0.25) is 0 Å². The molecule has 0 spiro atoms. The van der Waals surface area contributed by atoms with Crippen LogP contribution in [0.25, 0.3) is 0 Å². The summed E-state index contributed by atoms with van der Waals surface area (Å²) in [7, 11) is 0. The Balaban J connectivity index is 2.51. The molecular weight excluding hydrogens is 268 g/mol. The van der Waals surface area contributed by atoms with Crippen LogP contribution in [0.15, 0.2) is 36.3 Å². The number of hydrogen-bond acceptors (Lipinski definition) is 5. The summed E-state index contributed by atoms with van der Waals surface area (Å²) >= 11 is 0. The van der Waals surface area contributed by atoms with E-state index < -0.39 is 11.7 Å². The topological polar surface area (TPSA) is 102 Å². The normalized spacial score (nSPS) is 11.9. The van der Waals surface area contributed by atoms with Crippen molar-refractivity contribution in [3.05, 3.63) is 47.4 Å². The van der Waals surface area contributed by atoms with Gasteiger partial charge in [-0.2, -0.15) is 0 Å². The molecule has 6 nitrogen and oxygen atoms in total.